The number of nitrogens with one attached hydrogen (secondary N) is 1. The van der Waals surface area contributed by atoms with Crippen molar-refractivity contribution in [3.63, 3.8) is 0 Å². The molecular formula is C8H14N4S. The first-order valence-corrected chi connectivity index (χ1v) is 5.08. The molecule has 0 saturated carbocycles. The van der Waals surface area contributed by atoms with E-state index in [0.29, 0.717) is 5.25 Å². The van der Waals surface area contributed by atoms with Crippen molar-refractivity contribution >= 4 is 22.9 Å². The Morgan fingerprint density at radius 1 is 1.54 bits per heavy atom. The predicted molar refractivity (Wildman–Crippen MR) is 57.9 cm³/mol. The van der Waals surface area contributed by atoms with Crippen LogP contribution in [0.1, 0.15) is 19.3 Å². The van der Waals surface area contributed by atoms with E-state index in [-0.39, 0.29) is 11.1 Å². The van der Waals surface area contributed by atoms with Crippen LogP contribution in [-0.4, -0.2) is 16.4 Å². The zero-order chi connectivity index (χ0) is 9.68. The highest BCUT2D eigenvalue weighted by atomic mass is 32.2. The molecule has 4 nitrogen and oxygen atoms in total. The fraction of sp³-hybridized carbons (Fsp3) is 0.500. The Morgan fingerprint density at radius 3 is 2.85 bits per heavy atom. The van der Waals surface area contributed by atoms with Crippen LogP contribution < -0.4 is 11.5 Å². The summed E-state index contributed by atoms with van der Waals surface area (Å²) in [6, 6.07) is 0. The van der Waals surface area contributed by atoms with Gasteiger partial charge < -0.3 is 11.5 Å². The van der Waals surface area contributed by atoms with Gasteiger partial charge in [-0.15, -0.1) is 0 Å². The maximum atomic E-state index is 7.44. The Hall–Kier alpha value is -0.970. The van der Waals surface area contributed by atoms with E-state index >= 15 is 0 Å². The molecule has 0 aliphatic heterocycles. The molecule has 0 radical (unpaired) electrons. The molecule has 72 valence electrons. The molecule has 1 rings (SSSR count). The SMILES string of the molecule is N=C(N=C(N)N)SC1C=CCCC1. The highest BCUT2D eigenvalue weighted by Crippen LogP contribution is 2.23. The van der Waals surface area contributed by atoms with Crippen molar-refractivity contribution in [1.82, 2.24) is 0 Å². The van der Waals surface area contributed by atoms with Crippen molar-refractivity contribution in [3.05, 3.63) is 12.2 Å². The van der Waals surface area contributed by atoms with Gasteiger partial charge in [-0.05, 0) is 19.3 Å². The van der Waals surface area contributed by atoms with E-state index in [1.54, 1.807) is 0 Å². The lowest BCUT2D eigenvalue weighted by Crippen LogP contribution is -2.24. The summed E-state index contributed by atoms with van der Waals surface area (Å²) in [7, 11) is 0. The third-order valence-electron chi connectivity index (χ3n) is 1.70. The molecule has 0 aromatic heterocycles. The van der Waals surface area contributed by atoms with E-state index in [0.717, 1.165) is 12.8 Å². The molecule has 5 heteroatoms. The van der Waals surface area contributed by atoms with Crippen LogP contribution in [-0.2, 0) is 0 Å². The van der Waals surface area contributed by atoms with Crippen LogP contribution in [0.4, 0.5) is 0 Å². The number of aliphatic imine (C=N–C) groups is 1. The first-order valence-electron chi connectivity index (χ1n) is 4.20. The molecule has 0 aromatic rings. The van der Waals surface area contributed by atoms with E-state index in [4.69, 9.17) is 16.9 Å². The lowest BCUT2D eigenvalue weighted by atomic mass is 10.1. The van der Waals surface area contributed by atoms with E-state index < -0.39 is 0 Å². The number of allylic oxidation sites excluding steroid dienone is 1. The molecule has 0 spiro atoms. The Balaban J connectivity index is 2.39. The Morgan fingerprint density at radius 2 is 2.31 bits per heavy atom. The molecule has 0 heterocycles. The van der Waals surface area contributed by atoms with Crippen molar-refractivity contribution in [2.75, 3.05) is 0 Å². The topological polar surface area (TPSA) is 88.2 Å². The standard InChI is InChI=1S/C8H14N4S/c9-7(10)12-8(11)13-6-4-2-1-3-5-6/h2,4,6H,1,3,5H2,(H5,9,10,11,12). The minimum absolute atomic E-state index is 0.0442. The fourth-order valence-electron chi connectivity index (χ4n) is 1.17. The van der Waals surface area contributed by atoms with Crippen molar-refractivity contribution in [2.45, 2.75) is 24.5 Å². The lowest BCUT2D eigenvalue weighted by molar-refractivity contribution is 0.742. The van der Waals surface area contributed by atoms with Gasteiger partial charge >= 0.3 is 0 Å². The maximum Gasteiger partial charge on any atom is 0.193 e. The Bertz CT molecular complexity index is 243. The maximum absolute atomic E-state index is 7.44. The van der Waals surface area contributed by atoms with Crippen LogP contribution in [0.15, 0.2) is 17.1 Å². The van der Waals surface area contributed by atoms with Crippen LogP contribution in [0.2, 0.25) is 0 Å². The zero-order valence-corrected chi connectivity index (χ0v) is 8.18. The number of nitrogens with zero attached hydrogens (tertiary/aromatic N) is 1. The largest absolute Gasteiger partial charge is 0.370 e. The zero-order valence-electron chi connectivity index (χ0n) is 7.36. The monoisotopic (exact) mass is 198 g/mol. The summed E-state index contributed by atoms with van der Waals surface area (Å²) in [5.41, 5.74) is 10.3. The molecule has 5 N–H and O–H groups in total. The van der Waals surface area contributed by atoms with Gasteiger partial charge in [-0.1, -0.05) is 23.9 Å². The van der Waals surface area contributed by atoms with Crippen LogP contribution >= 0.6 is 11.8 Å². The second kappa shape index (κ2) is 4.91. The van der Waals surface area contributed by atoms with Crippen LogP contribution in [0.5, 0.6) is 0 Å². The van der Waals surface area contributed by atoms with E-state index in [2.05, 4.69) is 17.1 Å². The molecule has 0 bridgehead atoms. The summed E-state index contributed by atoms with van der Waals surface area (Å²) in [5.74, 6) is -0.0442. The molecule has 0 fully saturated rings. The van der Waals surface area contributed by atoms with Crippen LogP contribution in [0.25, 0.3) is 0 Å². The first kappa shape index (κ1) is 10.1. The third kappa shape index (κ3) is 3.98. The number of thioether (sulfide) groups is 1. The quantitative estimate of drug-likeness (QED) is 0.334. The van der Waals surface area contributed by atoms with E-state index in [1.807, 2.05) is 0 Å². The normalized spacial score (nSPS) is 21.1. The van der Waals surface area contributed by atoms with Gasteiger partial charge in [0.2, 0.25) is 0 Å². The van der Waals surface area contributed by atoms with Gasteiger partial charge in [-0.3, -0.25) is 5.41 Å². The molecule has 13 heavy (non-hydrogen) atoms. The average molecular weight is 198 g/mol. The third-order valence-corrected chi connectivity index (χ3v) is 2.71. The Kier molecular flexibility index (Phi) is 3.82. The second-order valence-corrected chi connectivity index (χ2v) is 4.09. The van der Waals surface area contributed by atoms with Crippen molar-refractivity contribution in [2.24, 2.45) is 16.5 Å². The molecular weight excluding hydrogens is 184 g/mol. The van der Waals surface area contributed by atoms with Crippen LogP contribution in [0, 0.1) is 5.41 Å². The summed E-state index contributed by atoms with van der Waals surface area (Å²) < 4.78 is 0. The van der Waals surface area contributed by atoms with Crippen molar-refractivity contribution in [3.8, 4) is 0 Å². The van der Waals surface area contributed by atoms with Gasteiger partial charge in [-0.2, -0.15) is 4.99 Å². The molecule has 1 unspecified atom stereocenters. The summed E-state index contributed by atoms with van der Waals surface area (Å²) in [6.07, 6.45) is 7.69. The second-order valence-electron chi connectivity index (χ2n) is 2.86. The molecule has 1 atom stereocenters. The number of nitrogens with two attached hydrogens (primary N) is 2. The average Bonchev–Trinajstić information content (AvgIpc) is 2.04. The van der Waals surface area contributed by atoms with Gasteiger partial charge in [0.25, 0.3) is 0 Å². The number of rotatable bonds is 1. The summed E-state index contributed by atoms with van der Waals surface area (Å²) in [4.78, 5) is 3.66. The summed E-state index contributed by atoms with van der Waals surface area (Å²) >= 11 is 1.40. The van der Waals surface area contributed by atoms with E-state index in [9.17, 15) is 0 Å². The van der Waals surface area contributed by atoms with Gasteiger partial charge in [0.15, 0.2) is 11.1 Å². The number of hydrogen-bond donors (Lipinski definition) is 3. The smallest absolute Gasteiger partial charge is 0.193 e. The fourth-order valence-corrected chi connectivity index (χ4v) is 2.09. The van der Waals surface area contributed by atoms with Crippen molar-refractivity contribution < 1.29 is 0 Å². The highest BCUT2D eigenvalue weighted by molar-refractivity contribution is 8.14. The molecule has 0 aromatic carbocycles. The van der Waals surface area contributed by atoms with Crippen molar-refractivity contribution in [1.29, 1.82) is 5.41 Å². The molecule has 1 aliphatic carbocycles. The highest BCUT2D eigenvalue weighted by Gasteiger charge is 2.10. The number of guanidine groups is 1. The van der Waals surface area contributed by atoms with Crippen LogP contribution in [0.3, 0.4) is 0 Å². The van der Waals surface area contributed by atoms with Gasteiger partial charge in [0, 0.05) is 5.25 Å². The van der Waals surface area contributed by atoms with Gasteiger partial charge in [-0.25, -0.2) is 0 Å². The minimum Gasteiger partial charge on any atom is -0.370 e. The first-order chi connectivity index (χ1) is 6.18. The number of amidine groups is 1. The number of hydrogen-bond acceptors (Lipinski definition) is 2. The van der Waals surface area contributed by atoms with Gasteiger partial charge in [0.1, 0.15) is 0 Å². The Labute approximate surface area is 82.0 Å². The molecule has 1 aliphatic rings. The predicted octanol–water partition coefficient (Wildman–Crippen LogP) is 1.04. The summed E-state index contributed by atoms with van der Waals surface area (Å²) in [5, 5.41) is 7.99. The summed E-state index contributed by atoms with van der Waals surface area (Å²) in [6.45, 7) is 0. The lowest BCUT2D eigenvalue weighted by Gasteiger charge is -2.14. The van der Waals surface area contributed by atoms with E-state index in [1.165, 1.54) is 18.2 Å². The van der Waals surface area contributed by atoms with Gasteiger partial charge in [0.05, 0.1) is 0 Å². The minimum atomic E-state index is -0.0442. The molecule has 0 amide bonds. The molecule has 0 saturated heterocycles.